The lowest BCUT2D eigenvalue weighted by atomic mass is 9.94. The fraction of sp³-hybridized carbons (Fsp3) is 0. The zero-order valence-electron chi connectivity index (χ0n) is 26.7. The molecule has 0 saturated carbocycles. The van der Waals surface area contributed by atoms with E-state index >= 15 is 0 Å². The van der Waals surface area contributed by atoms with Crippen LogP contribution in [0.1, 0.15) is 16.7 Å². The van der Waals surface area contributed by atoms with E-state index in [0.717, 1.165) is 71.6 Å². The second kappa shape index (κ2) is 11.4. The fourth-order valence-corrected chi connectivity index (χ4v) is 7.44. The maximum atomic E-state index is 10.5. The van der Waals surface area contributed by atoms with Crippen molar-refractivity contribution < 1.29 is 0 Å². The Kier molecular flexibility index (Phi) is 6.56. The number of para-hydroxylation sites is 3. The minimum Gasteiger partial charge on any atom is -0.309 e. The molecule has 2 aromatic heterocycles. The summed E-state index contributed by atoms with van der Waals surface area (Å²) in [5.74, 6) is 0. The van der Waals surface area contributed by atoms with Crippen LogP contribution in [-0.2, 0) is 0 Å². The first-order chi connectivity index (χ1) is 24.7. The van der Waals surface area contributed by atoms with Gasteiger partial charge in [-0.3, -0.25) is 0 Å². The van der Waals surface area contributed by atoms with E-state index < -0.39 is 0 Å². The predicted octanol–water partition coefficient (Wildman–Crippen LogP) is 10.8. The number of hydrogen-bond donors (Lipinski definition) is 0. The molecule has 0 amide bonds. The highest BCUT2D eigenvalue weighted by atomic mass is 15.0. The molecule has 5 heteroatoms. The van der Waals surface area contributed by atoms with Crippen molar-refractivity contribution in [3.8, 4) is 51.8 Å². The molecular weight excluding hydrogens is 611 g/mol. The average Bonchev–Trinajstić information content (AvgIpc) is 3.69. The molecule has 0 radical (unpaired) electrons. The zero-order chi connectivity index (χ0) is 33.8. The van der Waals surface area contributed by atoms with Gasteiger partial charge in [0, 0.05) is 32.8 Å². The maximum absolute atomic E-state index is 10.5. The van der Waals surface area contributed by atoms with Crippen molar-refractivity contribution >= 4 is 43.6 Å². The third kappa shape index (κ3) is 4.31. The first kappa shape index (κ1) is 28.8. The molecule has 0 aliphatic heterocycles. The van der Waals surface area contributed by atoms with Gasteiger partial charge in [0.05, 0.1) is 50.5 Å². The quantitative estimate of drug-likeness (QED) is 0.193. The van der Waals surface area contributed by atoms with Crippen molar-refractivity contribution in [1.29, 1.82) is 15.8 Å². The van der Waals surface area contributed by atoms with Crippen molar-refractivity contribution in [2.75, 3.05) is 0 Å². The van der Waals surface area contributed by atoms with Gasteiger partial charge >= 0.3 is 0 Å². The third-order valence-electron chi connectivity index (χ3n) is 9.63. The summed E-state index contributed by atoms with van der Waals surface area (Å²) >= 11 is 0. The lowest BCUT2D eigenvalue weighted by molar-refractivity contribution is 1.16. The van der Waals surface area contributed by atoms with E-state index in [9.17, 15) is 15.8 Å². The molecule has 9 aromatic rings. The van der Waals surface area contributed by atoms with Gasteiger partial charge in [0.15, 0.2) is 0 Å². The molecule has 50 heavy (non-hydrogen) atoms. The molecule has 0 N–H and O–H groups in total. The van der Waals surface area contributed by atoms with Crippen LogP contribution >= 0.6 is 0 Å². The molecule has 5 nitrogen and oxygen atoms in total. The van der Waals surface area contributed by atoms with Gasteiger partial charge in [0.25, 0.3) is 0 Å². The topological polar surface area (TPSA) is 81.2 Å². The minimum atomic E-state index is 0.336. The largest absolute Gasteiger partial charge is 0.309 e. The molecule has 7 aromatic carbocycles. The molecule has 9 rings (SSSR count). The Balaban J connectivity index is 1.25. The molecule has 0 aliphatic rings. The Morgan fingerprint density at radius 1 is 0.400 bits per heavy atom. The van der Waals surface area contributed by atoms with Gasteiger partial charge < -0.3 is 9.13 Å². The van der Waals surface area contributed by atoms with Crippen molar-refractivity contribution in [1.82, 2.24) is 9.13 Å². The highest BCUT2D eigenvalue weighted by molar-refractivity contribution is 6.11. The monoisotopic (exact) mass is 635 g/mol. The zero-order valence-corrected chi connectivity index (χ0v) is 26.7. The van der Waals surface area contributed by atoms with E-state index in [1.807, 2.05) is 66.7 Å². The molecule has 230 valence electrons. The Morgan fingerprint density at radius 3 is 1.62 bits per heavy atom. The molecule has 0 fully saturated rings. The Bertz CT molecular complexity index is 2920. The smallest absolute Gasteiger partial charge is 0.103 e. The first-order valence-electron chi connectivity index (χ1n) is 16.3. The molecule has 0 aliphatic carbocycles. The summed E-state index contributed by atoms with van der Waals surface area (Å²) in [5, 5.41) is 34.7. The number of nitriles is 3. The molecule has 0 spiro atoms. The Hall–Kier alpha value is -7.39. The van der Waals surface area contributed by atoms with Gasteiger partial charge in [-0.2, -0.15) is 15.8 Å². The van der Waals surface area contributed by atoms with Crippen LogP contribution in [-0.4, -0.2) is 9.13 Å². The Labute approximate surface area is 287 Å². The molecule has 0 saturated heterocycles. The highest BCUT2D eigenvalue weighted by Gasteiger charge is 2.21. The van der Waals surface area contributed by atoms with E-state index in [4.69, 9.17) is 0 Å². The molecule has 0 unspecified atom stereocenters. The van der Waals surface area contributed by atoms with Crippen LogP contribution in [0.3, 0.4) is 0 Å². The summed E-state index contributed by atoms with van der Waals surface area (Å²) in [6.45, 7) is 0. The maximum Gasteiger partial charge on any atom is 0.103 e. The van der Waals surface area contributed by atoms with Crippen molar-refractivity contribution in [3.05, 3.63) is 168 Å². The number of rotatable bonds is 4. The van der Waals surface area contributed by atoms with Gasteiger partial charge in [-0.1, -0.05) is 97.1 Å². The first-order valence-corrected chi connectivity index (χ1v) is 16.3. The summed E-state index contributed by atoms with van der Waals surface area (Å²) in [7, 11) is 0. The summed E-state index contributed by atoms with van der Waals surface area (Å²) in [6, 6.07) is 58.0. The summed E-state index contributed by atoms with van der Waals surface area (Å²) in [4.78, 5) is 0. The van der Waals surface area contributed by atoms with Crippen molar-refractivity contribution in [2.45, 2.75) is 0 Å². The van der Waals surface area contributed by atoms with E-state index in [0.29, 0.717) is 22.4 Å². The molecule has 0 bridgehead atoms. The van der Waals surface area contributed by atoms with Crippen LogP contribution in [0, 0.1) is 34.0 Å². The number of benzene rings is 7. The van der Waals surface area contributed by atoms with E-state index in [2.05, 4.69) is 106 Å². The fourth-order valence-electron chi connectivity index (χ4n) is 7.44. The second-order valence-electron chi connectivity index (χ2n) is 12.3. The summed E-state index contributed by atoms with van der Waals surface area (Å²) in [5.41, 5.74) is 10.8. The van der Waals surface area contributed by atoms with Crippen LogP contribution < -0.4 is 0 Å². The van der Waals surface area contributed by atoms with Crippen LogP contribution in [0.5, 0.6) is 0 Å². The van der Waals surface area contributed by atoms with Gasteiger partial charge in [-0.25, -0.2) is 0 Å². The van der Waals surface area contributed by atoms with E-state index in [1.54, 1.807) is 6.07 Å². The van der Waals surface area contributed by atoms with Crippen LogP contribution in [0.4, 0.5) is 0 Å². The van der Waals surface area contributed by atoms with Crippen LogP contribution in [0.2, 0.25) is 0 Å². The number of aromatic nitrogens is 2. The predicted molar refractivity (Wildman–Crippen MR) is 200 cm³/mol. The lowest BCUT2D eigenvalue weighted by Crippen LogP contribution is -2.03. The minimum absolute atomic E-state index is 0.336. The summed E-state index contributed by atoms with van der Waals surface area (Å²) < 4.78 is 4.35. The van der Waals surface area contributed by atoms with Gasteiger partial charge in [-0.15, -0.1) is 0 Å². The molecule has 2 heterocycles. The molecular formula is C45H25N5. The van der Waals surface area contributed by atoms with Crippen LogP contribution in [0.25, 0.3) is 77.2 Å². The SMILES string of the molecule is N#Cc1ccc2c3ccccc3n(-c3cccc(-c4cccc(-c5ccc(C#N)c(C#N)c5-n5c6ccccc6c6ccccc65)c4)c3)c2c1. The third-order valence-corrected chi connectivity index (χ3v) is 9.63. The standard InChI is InChI=1S/C45H25N5/c46-26-29-19-21-39-38-15-1-4-16-41(38)49(44(39)23-29)34-12-8-10-31(25-34)30-9-7-11-32(24-30)35-22-20-33(27-47)40(28-48)45(35)50-42-17-5-2-13-36(42)37-14-3-6-18-43(37)50/h1-25H. The summed E-state index contributed by atoms with van der Waals surface area (Å²) in [6.07, 6.45) is 0. The van der Waals surface area contributed by atoms with Crippen molar-refractivity contribution in [2.24, 2.45) is 0 Å². The van der Waals surface area contributed by atoms with Gasteiger partial charge in [0.1, 0.15) is 12.1 Å². The van der Waals surface area contributed by atoms with E-state index in [1.165, 1.54) is 0 Å². The highest BCUT2D eigenvalue weighted by Crippen LogP contribution is 2.40. The van der Waals surface area contributed by atoms with Crippen molar-refractivity contribution in [3.63, 3.8) is 0 Å². The normalized spacial score (nSPS) is 11.1. The average molecular weight is 636 g/mol. The van der Waals surface area contributed by atoms with Gasteiger partial charge in [0.2, 0.25) is 0 Å². The number of nitrogens with zero attached hydrogens (tertiary/aromatic N) is 5. The van der Waals surface area contributed by atoms with Crippen LogP contribution in [0.15, 0.2) is 152 Å². The number of fused-ring (bicyclic) bond motifs is 6. The number of hydrogen-bond acceptors (Lipinski definition) is 3. The van der Waals surface area contributed by atoms with E-state index in [-0.39, 0.29) is 0 Å². The Morgan fingerprint density at radius 2 is 0.980 bits per heavy atom. The van der Waals surface area contributed by atoms with Gasteiger partial charge in [-0.05, 0) is 71.3 Å². The lowest BCUT2D eigenvalue weighted by Gasteiger charge is -2.17. The molecule has 0 atom stereocenters. The second-order valence-corrected chi connectivity index (χ2v) is 12.3.